The topological polar surface area (TPSA) is 58.2 Å². The van der Waals surface area contributed by atoms with Crippen molar-refractivity contribution >= 4 is 44.8 Å². The summed E-state index contributed by atoms with van der Waals surface area (Å²) in [6, 6.07) is 11.9. The van der Waals surface area contributed by atoms with E-state index in [0.717, 1.165) is 33.6 Å². The van der Waals surface area contributed by atoms with Crippen molar-refractivity contribution in [2.45, 2.75) is 52.0 Å². The molecule has 2 aromatic rings. The second-order valence-electron chi connectivity index (χ2n) is 6.99. The number of hydrogen-bond acceptors (Lipinski definition) is 4. The molecule has 2 rings (SSSR count). The number of para-hydroxylation sites is 2. The van der Waals surface area contributed by atoms with Crippen molar-refractivity contribution in [2.24, 2.45) is 0 Å². The predicted molar refractivity (Wildman–Crippen MR) is 123 cm³/mol. The molecule has 0 heterocycles. The normalized spacial score (nSPS) is 12.9. The summed E-state index contributed by atoms with van der Waals surface area (Å²) < 4.78 is 0. The first kappa shape index (κ1) is 22.4. The second kappa shape index (κ2) is 10.0. The Morgan fingerprint density at radius 1 is 0.679 bits per heavy atom. The van der Waals surface area contributed by atoms with E-state index < -0.39 is 0 Å². The average Bonchev–Trinajstić information content (AvgIpc) is 2.65. The fourth-order valence-corrected chi connectivity index (χ4v) is 4.88. The molecule has 0 aromatic heterocycles. The van der Waals surface area contributed by atoms with Gasteiger partial charge in [0.2, 0.25) is 11.8 Å². The van der Waals surface area contributed by atoms with Crippen LogP contribution in [0.5, 0.6) is 0 Å². The zero-order chi connectivity index (χ0) is 20.8. The Kier molecular flexibility index (Phi) is 8.01. The first-order chi connectivity index (χ1) is 13.2. The van der Waals surface area contributed by atoms with Crippen molar-refractivity contribution in [3.63, 3.8) is 0 Å². The van der Waals surface area contributed by atoms with Gasteiger partial charge in [0.15, 0.2) is 0 Å². The van der Waals surface area contributed by atoms with Crippen molar-refractivity contribution in [3.05, 3.63) is 58.7 Å². The summed E-state index contributed by atoms with van der Waals surface area (Å²) in [5, 5.41) is 5.47. The van der Waals surface area contributed by atoms with Gasteiger partial charge < -0.3 is 10.6 Å². The molecule has 2 N–H and O–H groups in total. The number of carbonyl (C=O) groups is 2. The molecule has 0 spiro atoms. The van der Waals surface area contributed by atoms with Crippen molar-refractivity contribution in [3.8, 4) is 0 Å². The number of rotatable bonds is 7. The highest BCUT2D eigenvalue weighted by molar-refractivity contribution is 8.77. The monoisotopic (exact) mass is 416 g/mol. The number of carbonyl (C=O) groups excluding carboxylic acids is 2. The van der Waals surface area contributed by atoms with Gasteiger partial charge in [-0.25, -0.2) is 0 Å². The zero-order valence-corrected chi connectivity index (χ0v) is 18.9. The maximum Gasteiger partial charge on any atom is 0.238 e. The van der Waals surface area contributed by atoms with E-state index in [1.807, 2.05) is 77.9 Å². The fraction of sp³-hybridized carbons (Fsp3) is 0.364. The van der Waals surface area contributed by atoms with Crippen LogP contribution in [0.15, 0.2) is 36.4 Å². The van der Waals surface area contributed by atoms with E-state index in [1.165, 1.54) is 21.6 Å². The van der Waals surface area contributed by atoms with E-state index in [2.05, 4.69) is 10.6 Å². The molecule has 0 bridgehead atoms. The maximum atomic E-state index is 12.5. The van der Waals surface area contributed by atoms with Crippen molar-refractivity contribution in [2.75, 3.05) is 10.6 Å². The summed E-state index contributed by atoms with van der Waals surface area (Å²) in [5.41, 5.74) is 5.90. The molecule has 6 heteroatoms. The molecule has 0 unspecified atom stereocenters. The minimum absolute atomic E-state index is 0.0581. The predicted octanol–water partition coefficient (Wildman–Crippen LogP) is 5.66. The van der Waals surface area contributed by atoms with Gasteiger partial charge in [-0.3, -0.25) is 9.59 Å². The van der Waals surface area contributed by atoms with Gasteiger partial charge in [0.05, 0.1) is 10.5 Å². The van der Waals surface area contributed by atoms with Crippen LogP contribution in [-0.2, 0) is 9.59 Å². The van der Waals surface area contributed by atoms with Gasteiger partial charge in [-0.2, -0.15) is 0 Å². The van der Waals surface area contributed by atoms with Gasteiger partial charge >= 0.3 is 0 Å². The Bertz CT molecular complexity index is 756. The molecule has 150 valence electrons. The Balaban J connectivity index is 1.90. The highest BCUT2D eigenvalue weighted by atomic mass is 33.1. The lowest BCUT2D eigenvalue weighted by atomic mass is 10.1. The van der Waals surface area contributed by atoms with E-state index in [-0.39, 0.29) is 22.3 Å². The Morgan fingerprint density at radius 2 is 0.964 bits per heavy atom. The van der Waals surface area contributed by atoms with Crippen LogP contribution in [0, 0.1) is 27.7 Å². The van der Waals surface area contributed by atoms with Crippen molar-refractivity contribution in [1.82, 2.24) is 0 Å². The highest BCUT2D eigenvalue weighted by Gasteiger charge is 2.21. The third-order valence-corrected chi connectivity index (χ3v) is 7.72. The molecule has 28 heavy (non-hydrogen) atoms. The van der Waals surface area contributed by atoms with Crippen LogP contribution in [0.1, 0.15) is 36.1 Å². The van der Waals surface area contributed by atoms with Crippen LogP contribution in [0.3, 0.4) is 0 Å². The summed E-state index contributed by atoms with van der Waals surface area (Å²) in [5.74, 6) is -0.116. The quantitative estimate of drug-likeness (QED) is 0.572. The lowest BCUT2D eigenvalue weighted by Gasteiger charge is -2.18. The second-order valence-corrected chi connectivity index (χ2v) is 9.94. The molecular weight excluding hydrogens is 388 g/mol. The number of anilines is 2. The van der Waals surface area contributed by atoms with Crippen molar-refractivity contribution < 1.29 is 9.59 Å². The van der Waals surface area contributed by atoms with Crippen LogP contribution in [-0.4, -0.2) is 22.3 Å². The Labute approximate surface area is 175 Å². The van der Waals surface area contributed by atoms with Gasteiger partial charge in [-0.1, -0.05) is 58.0 Å². The summed E-state index contributed by atoms with van der Waals surface area (Å²) in [6.07, 6.45) is 0. The summed E-state index contributed by atoms with van der Waals surface area (Å²) in [4.78, 5) is 25.1. The molecule has 2 atom stereocenters. The maximum absolute atomic E-state index is 12.5. The van der Waals surface area contributed by atoms with Crippen LogP contribution < -0.4 is 10.6 Å². The number of benzene rings is 2. The first-order valence-corrected chi connectivity index (χ1v) is 11.5. The molecule has 0 aliphatic heterocycles. The molecule has 0 saturated carbocycles. The third-order valence-electron chi connectivity index (χ3n) is 4.54. The number of aryl methyl sites for hydroxylation is 4. The molecule has 0 aliphatic rings. The van der Waals surface area contributed by atoms with Crippen LogP contribution in [0.4, 0.5) is 11.4 Å². The Morgan fingerprint density at radius 3 is 1.25 bits per heavy atom. The lowest BCUT2D eigenvalue weighted by Crippen LogP contribution is -2.25. The Hall–Kier alpha value is -1.92. The smallest absolute Gasteiger partial charge is 0.238 e. The van der Waals surface area contributed by atoms with Gasteiger partial charge in [-0.05, 0) is 63.8 Å². The van der Waals surface area contributed by atoms with E-state index in [1.54, 1.807) is 0 Å². The number of amides is 2. The zero-order valence-electron chi connectivity index (χ0n) is 17.3. The van der Waals surface area contributed by atoms with Gasteiger partial charge in [0.1, 0.15) is 0 Å². The van der Waals surface area contributed by atoms with Gasteiger partial charge in [0.25, 0.3) is 0 Å². The van der Waals surface area contributed by atoms with Crippen LogP contribution >= 0.6 is 21.6 Å². The van der Waals surface area contributed by atoms with Gasteiger partial charge in [0, 0.05) is 11.4 Å². The van der Waals surface area contributed by atoms with E-state index in [0.29, 0.717) is 0 Å². The van der Waals surface area contributed by atoms with E-state index >= 15 is 0 Å². The molecule has 0 saturated heterocycles. The van der Waals surface area contributed by atoms with Crippen LogP contribution in [0.2, 0.25) is 0 Å². The van der Waals surface area contributed by atoms with E-state index in [4.69, 9.17) is 0 Å². The molecule has 0 fully saturated rings. The summed E-state index contributed by atoms with van der Waals surface area (Å²) in [7, 11) is 2.83. The minimum Gasteiger partial charge on any atom is -0.325 e. The number of hydrogen-bond donors (Lipinski definition) is 2. The average molecular weight is 417 g/mol. The van der Waals surface area contributed by atoms with E-state index in [9.17, 15) is 9.59 Å². The largest absolute Gasteiger partial charge is 0.325 e. The number of nitrogens with one attached hydrogen (secondary N) is 2. The minimum atomic E-state index is -0.278. The standard InChI is InChI=1S/C22H28N2O2S2/c1-13-9-7-10-14(2)19(13)23-21(25)17(5)27-28-18(6)22(26)24-20-15(3)11-8-12-16(20)4/h7-12,17-18H,1-6H3,(H,23,25)(H,24,26)/t17-,18+. The molecule has 4 nitrogen and oxygen atoms in total. The third kappa shape index (κ3) is 5.79. The lowest BCUT2D eigenvalue weighted by molar-refractivity contribution is -0.116. The fourth-order valence-electron chi connectivity index (χ4n) is 2.73. The van der Waals surface area contributed by atoms with Crippen LogP contribution in [0.25, 0.3) is 0 Å². The van der Waals surface area contributed by atoms with Crippen molar-refractivity contribution in [1.29, 1.82) is 0 Å². The highest BCUT2D eigenvalue weighted by Crippen LogP contribution is 2.33. The first-order valence-electron chi connectivity index (χ1n) is 9.27. The molecule has 0 aliphatic carbocycles. The molecule has 0 radical (unpaired) electrons. The van der Waals surface area contributed by atoms with Gasteiger partial charge in [-0.15, -0.1) is 0 Å². The SMILES string of the molecule is Cc1cccc(C)c1NC(=O)[C@H](C)SS[C@H](C)C(=O)Nc1c(C)cccc1C. The summed E-state index contributed by atoms with van der Waals surface area (Å²) in [6.45, 7) is 11.6. The molecule has 2 aromatic carbocycles. The molecule has 2 amide bonds. The summed E-state index contributed by atoms with van der Waals surface area (Å²) >= 11 is 0. The molecular formula is C22H28N2O2S2.